The fraction of sp³-hybridized carbons (Fsp3) is 0.133. The van der Waals surface area contributed by atoms with E-state index < -0.39 is 11.9 Å². The third kappa shape index (κ3) is 3.00. The van der Waals surface area contributed by atoms with Crippen LogP contribution in [-0.2, 0) is 11.2 Å². The summed E-state index contributed by atoms with van der Waals surface area (Å²) in [6, 6.07) is 10.8. The Bertz CT molecular complexity index is 804. The number of benzene rings is 1. The molecule has 0 fully saturated rings. The third-order valence-electron chi connectivity index (χ3n) is 3.38. The molecular formula is C15H13BrN4O2. The van der Waals surface area contributed by atoms with Crippen molar-refractivity contribution in [3.05, 3.63) is 59.0 Å². The van der Waals surface area contributed by atoms with Crippen LogP contribution in [0.15, 0.2) is 53.4 Å². The van der Waals surface area contributed by atoms with Crippen molar-refractivity contribution in [1.82, 2.24) is 20.2 Å². The van der Waals surface area contributed by atoms with Crippen molar-refractivity contribution >= 4 is 32.7 Å². The van der Waals surface area contributed by atoms with Crippen LogP contribution in [0.5, 0.6) is 0 Å². The van der Waals surface area contributed by atoms with Crippen LogP contribution in [0, 0.1) is 0 Å². The molecule has 0 saturated heterocycles. The maximum absolute atomic E-state index is 12.0. The van der Waals surface area contributed by atoms with Gasteiger partial charge in [0.1, 0.15) is 16.2 Å². The van der Waals surface area contributed by atoms with E-state index in [0.717, 1.165) is 10.9 Å². The maximum Gasteiger partial charge on any atom is 0.268 e. The number of fused-ring (bicyclic) bond motifs is 1. The number of rotatable bonds is 4. The first-order valence-corrected chi connectivity index (χ1v) is 7.45. The Hall–Kier alpha value is -2.25. The van der Waals surface area contributed by atoms with Crippen molar-refractivity contribution < 1.29 is 10.0 Å². The SMILES string of the molecule is O=C(NO)C(Cc1ccccc1)n1cc2cc(Br)ncc2n1. The van der Waals surface area contributed by atoms with Gasteiger partial charge in [0.2, 0.25) is 0 Å². The van der Waals surface area contributed by atoms with Crippen LogP contribution in [0.2, 0.25) is 0 Å². The summed E-state index contributed by atoms with van der Waals surface area (Å²) in [7, 11) is 0. The number of carbonyl (C=O) groups is 1. The molecule has 7 heteroatoms. The Morgan fingerprint density at radius 1 is 1.36 bits per heavy atom. The van der Waals surface area contributed by atoms with Gasteiger partial charge >= 0.3 is 0 Å². The van der Waals surface area contributed by atoms with Crippen molar-refractivity contribution in [1.29, 1.82) is 0 Å². The zero-order valence-corrected chi connectivity index (χ0v) is 13.1. The summed E-state index contributed by atoms with van der Waals surface area (Å²) in [6.45, 7) is 0. The number of halogens is 1. The highest BCUT2D eigenvalue weighted by Gasteiger charge is 2.22. The lowest BCUT2D eigenvalue weighted by Crippen LogP contribution is -2.32. The van der Waals surface area contributed by atoms with Gasteiger partial charge in [-0.05, 0) is 27.6 Å². The first-order chi connectivity index (χ1) is 10.7. The Kier molecular flexibility index (Phi) is 4.17. The zero-order valence-electron chi connectivity index (χ0n) is 11.5. The fourth-order valence-corrected chi connectivity index (χ4v) is 2.65. The lowest BCUT2D eigenvalue weighted by atomic mass is 10.1. The standard InChI is InChI=1S/C15H13BrN4O2/c16-14-7-11-9-20(18-12(11)8-17-14)13(15(21)19-22)6-10-4-2-1-3-5-10/h1-5,7-9,13,22H,6H2,(H,19,21). The zero-order chi connectivity index (χ0) is 15.5. The minimum atomic E-state index is -0.640. The summed E-state index contributed by atoms with van der Waals surface area (Å²) in [5, 5.41) is 14.3. The molecule has 22 heavy (non-hydrogen) atoms. The number of hydroxylamine groups is 1. The van der Waals surface area contributed by atoms with E-state index in [-0.39, 0.29) is 0 Å². The van der Waals surface area contributed by atoms with E-state index >= 15 is 0 Å². The monoisotopic (exact) mass is 360 g/mol. The molecule has 1 aromatic carbocycles. The second kappa shape index (κ2) is 6.25. The maximum atomic E-state index is 12.0. The number of pyridine rings is 1. The topological polar surface area (TPSA) is 80.0 Å². The number of amides is 1. The molecule has 0 saturated carbocycles. The molecule has 3 aromatic rings. The number of aromatic nitrogens is 3. The van der Waals surface area contributed by atoms with Crippen molar-refractivity contribution in [2.24, 2.45) is 0 Å². The molecule has 2 aromatic heterocycles. The molecule has 6 nitrogen and oxygen atoms in total. The predicted molar refractivity (Wildman–Crippen MR) is 84.3 cm³/mol. The van der Waals surface area contributed by atoms with Crippen molar-refractivity contribution in [2.45, 2.75) is 12.5 Å². The molecule has 0 bridgehead atoms. The number of hydrogen-bond acceptors (Lipinski definition) is 4. The molecule has 0 aliphatic rings. The van der Waals surface area contributed by atoms with Gasteiger partial charge in [-0.3, -0.25) is 14.7 Å². The average molecular weight is 361 g/mol. The van der Waals surface area contributed by atoms with E-state index in [4.69, 9.17) is 5.21 Å². The Labute approximate surface area is 134 Å². The van der Waals surface area contributed by atoms with Crippen LogP contribution in [-0.4, -0.2) is 25.9 Å². The van der Waals surface area contributed by atoms with Crippen LogP contribution in [0.4, 0.5) is 0 Å². The van der Waals surface area contributed by atoms with Gasteiger partial charge in [0.15, 0.2) is 0 Å². The highest BCUT2D eigenvalue weighted by molar-refractivity contribution is 9.10. The summed E-state index contributed by atoms with van der Waals surface area (Å²) in [4.78, 5) is 16.1. The molecule has 1 atom stereocenters. The van der Waals surface area contributed by atoms with E-state index in [2.05, 4.69) is 26.0 Å². The van der Waals surface area contributed by atoms with Gasteiger partial charge in [-0.2, -0.15) is 5.10 Å². The molecule has 0 aliphatic heterocycles. The number of nitrogens with one attached hydrogen (secondary N) is 1. The minimum Gasteiger partial charge on any atom is -0.289 e. The largest absolute Gasteiger partial charge is 0.289 e. The molecule has 1 unspecified atom stereocenters. The van der Waals surface area contributed by atoms with Crippen molar-refractivity contribution in [2.75, 3.05) is 0 Å². The first-order valence-electron chi connectivity index (χ1n) is 6.65. The molecule has 3 rings (SSSR count). The van der Waals surface area contributed by atoms with Gasteiger partial charge in [-0.15, -0.1) is 0 Å². The summed E-state index contributed by atoms with van der Waals surface area (Å²) < 4.78 is 2.25. The van der Waals surface area contributed by atoms with Gasteiger partial charge in [-0.1, -0.05) is 30.3 Å². The second-order valence-corrected chi connectivity index (χ2v) is 5.67. The van der Waals surface area contributed by atoms with E-state index in [1.54, 1.807) is 22.6 Å². The predicted octanol–water partition coefficient (Wildman–Crippen LogP) is 2.48. The van der Waals surface area contributed by atoms with E-state index in [9.17, 15) is 4.79 Å². The van der Waals surface area contributed by atoms with Gasteiger partial charge in [0.05, 0.1) is 6.20 Å². The highest BCUT2D eigenvalue weighted by Crippen LogP contribution is 2.20. The van der Waals surface area contributed by atoms with Crippen LogP contribution in [0.1, 0.15) is 11.6 Å². The normalized spacial score (nSPS) is 12.3. The molecule has 0 radical (unpaired) electrons. The minimum absolute atomic E-state index is 0.426. The van der Waals surface area contributed by atoms with Crippen LogP contribution < -0.4 is 5.48 Å². The average Bonchev–Trinajstić information content (AvgIpc) is 2.95. The molecule has 0 spiro atoms. The summed E-state index contributed by atoms with van der Waals surface area (Å²) in [6.07, 6.45) is 3.83. The molecule has 1 amide bonds. The molecule has 0 aliphatic carbocycles. The second-order valence-electron chi connectivity index (χ2n) is 4.86. The molecule has 112 valence electrons. The van der Waals surface area contributed by atoms with Crippen LogP contribution in [0.25, 0.3) is 10.9 Å². The third-order valence-corrected chi connectivity index (χ3v) is 3.81. The summed E-state index contributed by atoms with van der Waals surface area (Å²) >= 11 is 3.31. The van der Waals surface area contributed by atoms with Crippen molar-refractivity contribution in [3.8, 4) is 0 Å². The summed E-state index contributed by atoms with van der Waals surface area (Å²) in [5.74, 6) is -0.510. The highest BCUT2D eigenvalue weighted by atomic mass is 79.9. The number of carbonyl (C=O) groups excluding carboxylic acids is 1. The van der Waals surface area contributed by atoms with Gasteiger partial charge in [0.25, 0.3) is 5.91 Å². The Morgan fingerprint density at radius 3 is 2.86 bits per heavy atom. The molecular weight excluding hydrogens is 348 g/mol. The van der Waals surface area contributed by atoms with E-state index in [1.165, 1.54) is 0 Å². The smallest absolute Gasteiger partial charge is 0.268 e. The van der Waals surface area contributed by atoms with Gasteiger partial charge in [-0.25, -0.2) is 10.5 Å². The Balaban J connectivity index is 1.98. The van der Waals surface area contributed by atoms with E-state index in [0.29, 0.717) is 16.5 Å². The van der Waals surface area contributed by atoms with Gasteiger partial charge < -0.3 is 0 Å². The number of nitrogens with zero attached hydrogens (tertiary/aromatic N) is 3. The van der Waals surface area contributed by atoms with E-state index in [1.807, 2.05) is 36.4 Å². The summed E-state index contributed by atoms with van der Waals surface area (Å²) in [5.41, 5.74) is 3.38. The molecule has 2 heterocycles. The van der Waals surface area contributed by atoms with Crippen molar-refractivity contribution in [3.63, 3.8) is 0 Å². The molecule has 2 N–H and O–H groups in total. The quantitative estimate of drug-likeness (QED) is 0.425. The van der Waals surface area contributed by atoms with Crippen LogP contribution >= 0.6 is 15.9 Å². The Morgan fingerprint density at radius 2 is 2.14 bits per heavy atom. The van der Waals surface area contributed by atoms with Crippen LogP contribution in [0.3, 0.4) is 0 Å². The number of hydrogen-bond donors (Lipinski definition) is 2. The fourth-order valence-electron chi connectivity index (χ4n) is 2.30. The lowest BCUT2D eigenvalue weighted by molar-refractivity contribution is -0.132. The lowest BCUT2D eigenvalue weighted by Gasteiger charge is -2.15. The van der Waals surface area contributed by atoms with Gasteiger partial charge in [0, 0.05) is 18.0 Å². The first kappa shape index (κ1) is 14.7.